The molecule has 1 aromatic carbocycles. The van der Waals surface area contributed by atoms with E-state index in [2.05, 4.69) is 4.40 Å². The molecule has 0 heterocycles. The van der Waals surface area contributed by atoms with Gasteiger partial charge in [0, 0.05) is 18.0 Å². The van der Waals surface area contributed by atoms with Crippen LogP contribution >= 0.6 is 11.9 Å². The Morgan fingerprint density at radius 2 is 2.07 bits per heavy atom. The summed E-state index contributed by atoms with van der Waals surface area (Å²) in [6.07, 6.45) is 0. The lowest BCUT2D eigenvalue weighted by Crippen LogP contribution is -2.21. The standard InChI is InChI=1S/C7H8N4O2S/c8-7(9)10-14-6-4-2-1-3-5(6)11(12)13/h1-4H,(H4,8,9,10). The Kier molecular flexibility index (Phi) is 3.29. The van der Waals surface area contributed by atoms with E-state index in [4.69, 9.17) is 11.5 Å². The van der Waals surface area contributed by atoms with Crippen molar-refractivity contribution in [1.82, 2.24) is 0 Å². The second-order valence-electron chi connectivity index (χ2n) is 2.33. The second kappa shape index (κ2) is 4.47. The second-order valence-corrected chi connectivity index (χ2v) is 3.14. The lowest BCUT2D eigenvalue weighted by atomic mass is 10.3. The summed E-state index contributed by atoms with van der Waals surface area (Å²) < 4.78 is 3.62. The monoisotopic (exact) mass is 212 g/mol. The molecule has 0 fully saturated rings. The minimum absolute atomic E-state index is 0.0116. The van der Waals surface area contributed by atoms with E-state index in [0.717, 1.165) is 11.9 Å². The predicted molar refractivity (Wildman–Crippen MR) is 54.8 cm³/mol. The summed E-state index contributed by atoms with van der Waals surface area (Å²) in [5, 5.41) is 10.5. The molecule has 0 radical (unpaired) electrons. The third-order valence-corrected chi connectivity index (χ3v) is 2.16. The molecule has 6 nitrogen and oxygen atoms in total. The molecule has 1 aromatic rings. The van der Waals surface area contributed by atoms with Crippen LogP contribution in [0.25, 0.3) is 0 Å². The Labute approximate surface area is 84.3 Å². The smallest absolute Gasteiger partial charge is 0.284 e. The maximum Gasteiger partial charge on any atom is 0.284 e. The zero-order chi connectivity index (χ0) is 10.6. The summed E-state index contributed by atoms with van der Waals surface area (Å²) in [7, 11) is 0. The molecule has 0 aromatic heterocycles. The van der Waals surface area contributed by atoms with Crippen molar-refractivity contribution < 1.29 is 4.92 Å². The summed E-state index contributed by atoms with van der Waals surface area (Å²) in [6, 6.07) is 6.23. The number of rotatable bonds is 3. The van der Waals surface area contributed by atoms with Crippen LogP contribution in [-0.4, -0.2) is 10.9 Å². The van der Waals surface area contributed by atoms with Crippen LogP contribution in [0.5, 0.6) is 0 Å². The number of hydrogen-bond donors (Lipinski definition) is 2. The molecule has 7 heteroatoms. The van der Waals surface area contributed by atoms with Crippen LogP contribution in [0, 0.1) is 10.1 Å². The summed E-state index contributed by atoms with van der Waals surface area (Å²) in [5.74, 6) is -0.117. The normalized spacial score (nSPS) is 9.43. The molecule has 0 amide bonds. The molecule has 0 aliphatic rings. The van der Waals surface area contributed by atoms with Crippen molar-refractivity contribution in [3.8, 4) is 0 Å². The third-order valence-electron chi connectivity index (χ3n) is 1.31. The van der Waals surface area contributed by atoms with Crippen molar-refractivity contribution in [1.29, 1.82) is 0 Å². The van der Waals surface area contributed by atoms with Gasteiger partial charge in [0.1, 0.15) is 4.90 Å². The summed E-state index contributed by atoms with van der Waals surface area (Å²) in [5.41, 5.74) is 10.2. The lowest BCUT2D eigenvalue weighted by Gasteiger charge is -1.97. The first-order valence-electron chi connectivity index (χ1n) is 3.60. The summed E-state index contributed by atoms with van der Waals surface area (Å²) in [6.45, 7) is 0. The number of hydrogen-bond acceptors (Lipinski definition) is 4. The van der Waals surface area contributed by atoms with E-state index in [9.17, 15) is 10.1 Å². The molecule has 0 aliphatic heterocycles. The number of nitro groups is 1. The van der Waals surface area contributed by atoms with E-state index in [-0.39, 0.29) is 11.6 Å². The molecule has 14 heavy (non-hydrogen) atoms. The van der Waals surface area contributed by atoms with E-state index < -0.39 is 4.92 Å². The van der Waals surface area contributed by atoms with E-state index in [1.165, 1.54) is 6.07 Å². The van der Waals surface area contributed by atoms with Gasteiger partial charge in [-0.3, -0.25) is 10.1 Å². The van der Waals surface area contributed by atoms with Gasteiger partial charge >= 0.3 is 0 Å². The van der Waals surface area contributed by atoms with Gasteiger partial charge in [-0.2, -0.15) is 4.40 Å². The molecule has 0 bridgehead atoms. The van der Waals surface area contributed by atoms with Crippen LogP contribution in [0.1, 0.15) is 0 Å². The van der Waals surface area contributed by atoms with Crippen molar-refractivity contribution >= 4 is 23.6 Å². The molecule has 0 saturated carbocycles. The summed E-state index contributed by atoms with van der Waals surface area (Å²) >= 11 is 0.880. The highest BCUT2D eigenvalue weighted by molar-refractivity contribution is 7.98. The number of nitrogens with zero attached hydrogens (tertiary/aromatic N) is 2. The van der Waals surface area contributed by atoms with Gasteiger partial charge in [0.25, 0.3) is 5.69 Å². The molecule has 0 unspecified atom stereocenters. The SMILES string of the molecule is NC(N)=NSc1ccccc1[N+](=O)[O-]. The van der Waals surface area contributed by atoms with E-state index >= 15 is 0 Å². The molecule has 4 N–H and O–H groups in total. The molecule has 1 rings (SSSR count). The van der Waals surface area contributed by atoms with E-state index in [1.54, 1.807) is 18.2 Å². The minimum Gasteiger partial charge on any atom is -0.369 e. The largest absolute Gasteiger partial charge is 0.369 e. The van der Waals surface area contributed by atoms with Crippen LogP contribution in [0.3, 0.4) is 0 Å². The van der Waals surface area contributed by atoms with Gasteiger partial charge < -0.3 is 11.5 Å². The highest BCUT2D eigenvalue weighted by Crippen LogP contribution is 2.28. The van der Waals surface area contributed by atoms with Gasteiger partial charge in [0.2, 0.25) is 0 Å². The Morgan fingerprint density at radius 1 is 1.43 bits per heavy atom. The van der Waals surface area contributed by atoms with Crippen molar-refractivity contribution in [2.24, 2.45) is 15.9 Å². The van der Waals surface area contributed by atoms with Crippen LogP contribution in [0.15, 0.2) is 33.6 Å². The van der Waals surface area contributed by atoms with Gasteiger partial charge in [-0.05, 0) is 6.07 Å². The maximum atomic E-state index is 10.5. The number of para-hydroxylation sites is 1. The van der Waals surface area contributed by atoms with Crippen molar-refractivity contribution in [3.05, 3.63) is 34.4 Å². The van der Waals surface area contributed by atoms with E-state index in [1.807, 2.05) is 0 Å². The fourth-order valence-electron chi connectivity index (χ4n) is 0.787. The van der Waals surface area contributed by atoms with Crippen LogP contribution in [0.4, 0.5) is 5.69 Å². The first-order valence-corrected chi connectivity index (χ1v) is 4.38. The molecular formula is C7H8N4O2S. The number of guanidine groups is 1. The Balaban J connectivity index is 2.96. The molecule has 0 spiro atoms. The Bertz CT molecular complexity index is 376. The van der Waals surface area contributed by atoms with Crippen LogP contribution < -0.4 is 11.5 Å². The van der Waals surface area contributed by atoms with Crippen molar-refractivity contribution in [3.63, 3.8) is 0 Å². The van der Waals surface area contributed by atoms with Gasteiger partial charge in [0.15, 0.2) is 5.96 Å². The highest BCUT2D eigenvalue weighted by Gasteiger charge is 2.12. The third kappa shape index (κ3) is 2.63. The average molecular weight is 212 g/mol. The maximum absolute atomic E-state index is 10.5. The minimum atomic E-state index is -0.482. The zero-order valence-corrected chi connectivity index (χ0v) is 7.90. The fourth-order valence-corrected chi connectivity index (χ4v) is 1.37. The zero-order valence-electron chi connectivity index (χ0n) is 7.08. The molecule has 0 aliphatic carbocycles. The van der Waals surface area contributed by atoms with Gasteiger partial charge in [-0.25, -0.2) is 0 Å². The lowest BCUT2D eigenvalue weighted by molar-refractivity contribution is -0.387. The first-order chi connectivity index (χ1) is 6.61. The number of nitrogens with two attached hydrogens (primary N) is 2. The quantitative estimate of drug-likeness (QED) is 0.254. The molecular weight excluding hydrogens is 204 g/mol. The van der Waals surface area contributed by atoms with Crippen molar-refractivity contribution in [2.45, 2.75) is 4.90 Å². The van der Waals surface area contributed by atoms with Gasteiger partial charge in [0.05, 0.1) is 4.92 Å². The fraction of sp³-hybridized carbons (Fsp3) is 0. The Hall–Kier alpha value is -1.76. The first kappa shape index (κ1) is 10.3. The molecule has 0 saturated heterocycles. The average Bonchev–Trinajstić information content (AvgIpc) is 2.15. The number of benzene rings is 1. The molecule has 74 valence electrons. The van der Waals surface area contributed by atoms with E-state index in [0.29, 0.717) is 4.90 Å². The van der Waals surface area contributed by atoms with Crippen LogP contribution in [-0.2, 0) is 0 Å². The van der Waals surface area contributed by atoms with Gasteiger partial charge in [-0.1, -0.05) is 12.1 Å². The molecule has 0 atom stereocenters. The number of nitro benzene ring substituents is 1. The van der Waals surface area contributed by atoms with Crippen molar-refractivity contribution in [2.75, 3.05) is 0 Å². The highest BCUT2D eigenvalue weighted by atomic mass is 32.2. The van der Waals surface area contributed by atoms with Gasteiger partial charge in [-0.15, -0.1) is 0 Å². The predicted octanol–water partition coefficient (Wildman–Crippen LogP) is 0.875. The van der Waals surface area contributed by atoms with Crippen LogP contribution in [0.2, 0.25) is 0 Å². The Morgan fingerprint density at radius 3 is 2.64 bits per heavy atom. The topological polar surface area (TPSA) is 108 Å². The summed E-state index contributed by atoms with van der Waals surface area (Å²) in [4.78, 5) is 10.5.